The highest BCUT2D eigenvalue weighted by Gasteiger charge is 2.42. The van der Waals surface area contributed by atoms with Crippen molar-refractivity contribution in [1.82, 2.24) is 4.90 Å². The van der Waals surface area contributed by atoms with Crippen molar-refractivity contribution >= 4 is 16.9 Å². The van der Waals surface area contributed by atoms with Crippen molar-refractivity contribution < 1.29 is 18.7 Å². The molecular formula is C27H27NO5. The molecule has 0 N–H and O–H groups in total. The zero-order valence-corrected chi connectivity index (χ0v) is 19.1. The molecule has 170 valence electrons. The number of aryl methyl sites for hydroxylation is 2. The van der Waals surface area contributed by atoms with Gasteiger partial charge in [0.2, 0.25) is 5.76 Å². The van der Waals surface area contributed by atoms with Crippen LogP contribution in [0.5, 0.6) is 11.5 Å². The molecule has 33 heavy (non-hydrogen) atoms. The summed E-state index contributed by atoms with van der Waals surface area (Å²) in [5.74, 6) is 0.845. The minimum absolute atomic E-state index is 0.0780. The molecule has 1 aliphatic heterocycles. The number of amides is 1. The van der Waals surface area contributed by atoms with E-state index >= 15 is 0 Å². The van der Waals surface area contributed by atoms with E-state index in [9.17, 15) is 9.59 Å². The summed E-state index contributed by atoms with van der Waals surface area (Å²) in [5.41, 5.74) is 3.08. The summed E-state index contributed by atoms with van der Waals surface area (Å²) >= 11 is 0. The molecule has 0 saturated heterocycles. The molecule has 2 aromatic carbocycles. The van der Waals surface area contributed by atoms with Crippen molar-refractivity contribution in [3.8, 4) is 11.5 Å². The predicted octanol–water partition coefficient (Wildman–Crippen LogP) is 5.10. The second-order valence-corrected chi connectivity index (χ2v) is 8.02. The van der Waals surface area contributed by atoms with Crippen LogP contribution in [-0.2, 0) is 0 Å². The quantitative estimate of drug-likeness (QED) is 0.451. The van der Waals surface area contributed by atoms with E-state index in [1.807, 2.05) is 39.0 Å². The third-order valence-corrected chi connectivity index (χ3v) is 5.68. The van der Waals surface area contributed by atoms with Gasteiger partial charge in [-0.15, -0.1) is 6.58 Å². The molecule has 4 rings (SSSR count). The molecule has 1 aliphatic rings. The highest BCUT2D eigenvalue weighted by molar-refractivity contribution is 5.99. The van der Waals surface area contributed by atoms with E-state index in [2.05, 4.69) is 13.2 Å². The molecule has 1 aromatic heterocycles. The molecule has 1 amide bonds. The van der Waals surface area contributed by atoms with Crippen LogP contribution < -0.4 is 14.9 Å². The lowest BCUT2D eigenvalue weighted by atomic mass is 9.96. The SMILES string of the molecule is C=CCOc1ccc(C2c3c(oc4cc(C)cc(C)c4c3=O)C(=O)N2CC=C)cc1OCC. The number of hydrogen-bond acceptors (Lipinski definition) is 5. The number of ether oxygens (including phenoxy) is 2. The van der Waals surface area contributed by atoms with Gasteiger partial charge in [0, 0.05) is 6.54 Å². The Kier molecular flexibility index (Phi) is 6.09. The smallest absolute Gasteiger partial charge is 0.291 e. The maximum atomic E-state index is 13.7. The van der Waals surface area contributed by atoms with Gasteiger partial charge in [0.05, 0.1) is 23.6 Å². The van der Waals surface area contributed by atoms with E-state index in [1.54, 1.807) is 29.2 Å². The largest absolute Gasteiger partial charge is 0.490 e. The van der Waals surface area contributed by atoms with E-state index < -0.39 is 6.04 Å². The van der Waals surface area contributed by atoms with Crippen LogP contribution in [0.4, 0.5) is 0 Å². The fourth-order valence-electron chi connectivity index (χ4n) is 4.42. The van der Waals surface area contributed by atoms with Gasteiger partial charge >= 0.3 is 0 Å². The average Bonchev–Trinajstić information content (AvgIpc) is 3.05. The van der Waals surface area contributed by atoms with Crippen molar-refractivity contribution in [3.63, 3.8) is 0 Å². The lowest BCUT2D eigenvalue weighted by molar-refractivity contribution is 0.0748. The van der Waals surface area contributed by atoms with Crippen molar-refractivity contribution in [2.75, 3.05) is 19.8 Å². The molecule has 1 unspecified atom stereocenters. The first-order valence-electron chi connectivity index (χ1n) is 10.9. The second kappa shape index (κ2) is 8.98. The Bertz CT molecular complexity index is 1320. The topological polar surface area (TPSA) is 69.0 Å². The lowest BCUT2D eigenvalue weighted by Crippen LogP contribution is -2.29. The summed E-state index contributed by atoms with van der Waals surface area (Å²) in [7, 11) is 0. The van der Waals surface area contributed by atoms with Crippen LogP contribution in [0.2, 0.25) is 0 Å². The van der Waals surface area contributed by atoms with Gasteiger partial charge in [-0.3, -0.25) is 9.59 Å². The maximum Gasteiger partial charge on any atom is 0.291 e. The summed E-state index contributed by atoms with van der Waals surface area (Å²) in [4.78, 5) is 28.6. The van der Waals surface area contributed by atoms with Crippen LogP contribution in [0, 0.1) is 13.8 Å². The summed E-state index contributed by atoms with van der Waals surface area (Å²) in [6.45, 7) is 14.2. The Morgan fingerprint density at radius 3 is 2.55 bits per heavy atom. The Hall–Kier alpha value is -3.80. The Morgan fingerprint density at radius 2 is 1.85 bits per heavy atom. The minimum atomic E-state index is -0.625. The van der Waals surface area contributed by atoms with E-state index in [0.717, 1.165) is 16.7 Å². The van der Waals surface area contributed by atoms with Gasteiger partial charge in [-0.05, 0) is 55.7 Å². The number of carbonyl (C=O) groups excluding carboxylic acids is 1. The summed E-state index contributed by atoms with van der Waals surface area (Å²) < 4.78 is 17.6. The molecule has 1 atom stereocenters. The summed E-state index contributed by atoms with van der Waals surface area (Å²) in [6, 6.07) is 8.56. The van der Waals surface area contributed by atoms with Gasteiger partial charge in [0.1, 0.15) is 12.2 Å². The molecule has 6 nitrogen and oxygen atoms in total. The number of carbonyl (C=O) groups is 1. The molecule has 0 spiro atoms. The molecule has 0 radical (unpaired) electrons. The third-order valence-electron chi connectivity index (χ3n) is 5.68. The number of rotatable bonds is 8. The first-order valence-corrected chi connectivity index (χ1v) is 10.9. The van der Waals surface area contributed by atoms with Gasteiger partial charge in [0.15, 0.2) is 16.9 Å². The molecular weight excluding hydrogens is 418 g/mol. The van der Waals surface area contributed by atoms with Gasteiger partial charge in [0.25, 0.3) is 5.91 Å². The molecule has 3 aromatic rings. The zero-order chi connectivity index (χ0) is 23.7. The molecule has 0 bridgehead atoms. The van der Waals surface area contributed by atoms with Gasteiger partial charge in [-0.25, -0.2) is 0 Å². The molecule has 0 fully saturated rings. The maximum absolute atomic E-state index is 13.7. The monoisotopic (exact) mass is 445 g/mol. The first kappa shape index (κ1) is 22.4. The van der Waals surface area contributed by atoms with Crippen molar-refractivity contribution in [1.29, 1.82) is 0 Å². The van der Waals surface area contributed by atoms with Crippen molar-refractivity contribution in [2.24, 2.45) is 0 Å². The highest BCUT2D eigenvalue weighted by atomic mass is 16.5. The van der Waals surface area contributed by atoms with Crippen LogP contribution >= 0.6 is 0 Å². The molecule has 0 saturated carbocycles. The van der Waals surface area contributed by atoms with E-state index in [-0.39, 0.29) is 23.6 Å². The van der Waals surface area contributed by atoms with Crippen LogP contribution in [-0.4, -0.2) is 30.6 Å². The summed E-state index contributed by atoms with van der Waals surface area (Å²) in [5, 5.41) is 0.494. The molecule has 0 aliphatic carbocycles. The fourth-order valence-corrected chi connectivity index (χ4v) is 4.42. The lowest BCUT2D eigenvalue weighted by Gasteiger charge is -2.24. The van der Waals surface area contributed by atoms with Crippen LogP contribution in [0.25, 0.3) is 11.0 Å². The Morgan fingerprint density at radius 1 is 1.06 bits per heavy atom. The normalized spacial score (nSPS) is 14.9. The average molecular weight is 446 g/mol. The zero-order valence-electron chi connectivity index (χ0n) is 19.1. The van der Waals surface area contributed by atoms with E-state index in [0.29, 0.717) is 41.2 Å². The molecule has 2 heterocycles. The van der Waals surface area contributed by atoms with E-state index in [1.165, 1.54) is 0 Å². The fraction of sp³-hybridized carbons (Fsp3) is 0.259. The van der Waals surface area contributed by atoms with Gasteiger partial charge in [-0.1, -0.05) is 30.9 Å². The third kappa shape index (κ3) is 3.82. The number of fused-ring (bicyclic) bond motifs is 2. The Labute approximate surface area is 192 Å². The van der Waals surface area contributed by atoms with Crippen LogP contribution in [0.15, 0.2) is 64.9 Å². The van der Waals surface area contributed by atoms with Crippen LogP contribution in [0.3, 0.4) is 0 Å². The van der Waals surface area contributed by atoms with E-state index in [4.69, 9.17) is 13.9 Å². The van der Waals surface area contributed by atoms with Crippen LogP contribution in [0.1, 0.15) is 45.8 Å². The van der Waals surface area contributed by atoms with Gasteiger partial charge < -0.3 is 18.8 Å². The van der Waals surface area contributed by atoms with Crippen molar-refractivity contribution in [3.05, 3.63) is 93.9 Å². The van der Waals surface area contributed by atoms with Crippen molar-refractivity contribution in [2.45, 2.75) is 26.8 Å². The number of hydrogen-bond donors (Lipinski definition) is 0. The first-order chi connectivity index (χ1) is 15.9. The molecule has 6 heteroatoms. The minimum Gasteiger partial charge on any atom is -0.490 e. The number of benzene rings is 2. The highest BCUT2D eigenvalue weighted by Crippen LogP contribution is 2.41. The number of nitrogens with zero attached hydrogens (tertiary/aromatic N) is 1. The standard InChI is InChI=1S/C27H27NO5/c1-6-11-28-24(18-9-10-19(32-12-7-2)20(15-18)31-8-3)23-25(29)22-17(5)13-16(4)14-21(22)33-26(23)27(28)30/h6-7,9-10,13-15,24H,1-2,8,11-12H2,3-5H3. The Balaban J connectivity index is 1.95. The second-order valence-electron chi connectivity index (χ2n) is 8.02. The predicted molar refractivity (Wildman–Crippen MR) is 128 cm³/mol. The summed E-state index contributed by atoms with van der Waals surface area (Å²) in [6.07, 6.45) is 3.29. The van der Waals surface area contributed by atoms with Gasteiger partial charge in [-0.2, -0.15) is 0 Å².